The Labute approximate surface area is 124 Å². The molecule has 0 spiro atoms. The standard InChI is InChI=1S/C16H22N4O/c1-11(21)13-8-9-14-15(18-13)20(16(17-2)19-14)10-12-6-4-3-5-7-12/h8-9,12H,3-7,10H2,1-2H3,(H,17,19). The van der Waals surface area contributed by atoms with Crippen LogP contribution in [-0.4, -0.2) is 27.4 Å². The van der Waals surface area contributed by atoms with E-state index in [1.54, 1.807) is 13.0 Å². The number of hydrogen-bond acceptors (Lipinski definition) is 4. The fraction of sp³-hybridized carbons (Fsp3) is 0.562. The van der Waals surface area contributed by atoms with E-state index < -0.39 is 0 Å². The Morgan fingerprint density at radius 2 is 2.05 bits per heavy atom. The number of carbonyl (C=O) groups is 1. The molecule has 1 fully saturated rings. The van der Waals surface area contributed by atoms with E-state index in [0.29, 0.717) is 11.6 Å². The number of nitrogens with zero attached hydrogens (tertiary/aromatic N) is 3. The van der Waals surface area contributed by atoms with Crippen LogP contribution in [0.4, 0.5) is 5.95 Å². The molecule has 1 saturated carbocycles. The normalized spacial score (nSPS) is 16.3. The third-order valence-electron chi connectivity index (χ3n) is 4.34. The van der Waals surface area contributed by atoms with Gasteiger partial charge in [-0.1, -0.05) is 19.3 Å². The number of hydrogen-bond donors (Lipinski definition) is 1. The van der Waals surface area contributed by atoms with Crippen LogP contribution in [0.25, 0.3) is 11.2 Å². The van der Waals surface area contributed by atoms with Gasteiger partial charge >= 0.3 is 0 Å². The first kappa shape index (κ1) is 14.0. The number of carbonyl (C=O) groups excluding carboxylic acids is 1. The number of imidazole rings is 1. The summed E-state index contributed by atoms with van der Waals surface area (Å²) in [7, 11) is 1.88. The predicted octanol–water partition coefficient (Wildman–Crippen LogP) is 3.26. The van der Waals surface area contributed by atoms with Crippen molar-refractivity contribution in [1.29, 1.82) is 0 Å². The van der Waals surface area contributed by atoms with Crippen LogP contribution in [0, 0.1) is 5.92 Å². The molecule has 1 aliphatic rings. The van der Waals surface area contributed by atoms with Gasteiger partial charge in [-0.05, 0) is 30.9 Å². The summed E-state index contributed by atoms with van der Waals surface area (Å²) in [6.45, 7) is 2.48. The Balaban J connectivity index is 2.00. The lowest BCUT2D eigenvalue weighted by atomic mass is 9.89. The minimum atomic E-state index is -0.00618. The van der Waals surface area contributed by atoms with Crippen LogP contribution in [-0.2, 0) is 6.54 Å². The van der Waals surface area contributed by atoms with E-state index >= 15 is 0 Å². The maximum absolute atomic E-state index is 11.6. The van der Waals surface area contributed by atoms with Gasteiger partial charge in [0.15, 0.2) is 11.4 Å². The van der Waals surface area contributed by atoms with Gasteiger partial charge in [0.25, 0.3) is 0 Å². The van der Waals surface area contributed by atoms with Crippen LogP contribution < -0.4 is 5.32 Å². The lowest BCUT2D eigenvalue weighted by Crippen LogP contribution is -2.16. The van der Waals surface area contributed by atoms with E-state index in [1.807, 2.05) is 13.1 Å². The average Bonchev–Trinajstić information content (AvgIpc) is 2.85. The van der Waals surface area contributed by atoms with Crippen LogP contribution >= 0.6 is 0 Å². The number of aromatic nitrogens is 3. The molecule has 5 nitrogen and oxygen atoms in total. The number of pyridine rings is 1. The van der Waals surface area contributed by atoms with Crippen molar-refractivity contribution in [2.24, 2.45) is 5.92 Å². The van der Waals surface area contributed by atoms with E-state index in [-0.39, 0.29) is 5.78 Å². The van der Waals surface area contributed by atoms with Crippen LogP contribution in [0.1, 0.15) is 49.5 Å². The van der Waals surface area contributed by atoms with Crippen molar-refractivity contribution in [2.45, 2.75) is 45.6 Å². The fourth-order valence-corrected chi connectivity index (χ4v) is 3.19. The molecule has 0 radical (unpaired) electrons. The van der Waals surface area contributed by atoms with E-state index in [2.05, 4.69) is 19.9 Å². The molecule has 0 aromatic carbocycles. The zero-order chi connectivity index (χ0) is 14.8. The van der Waals surface area contributed by atoms with Crippen molar-refractivity contribution < 1.29 is 4.79 Å². The van der Waals surface area contributed by atoms with Gasteiger partial charge in [0.05, 0.1) is 0 Å². The number of rotatable bonds is 4. The van der Waals surface area contributed by atoms with Crippen LogP contribution in [0.15, 0.2) is 12.1 Å². The second-order valence-corrected chi connectivity index (χ2v) is 5.90. The molecule has 112 valence electrons. The third kappa shape index (κ3) is 2.77. The van der Waals surface area contributed by atoms with Gasteiger partial charge in [-0.15, -0.1) is 0 Å². The average molecular weight is 286 g/mol. The molecule has 0 bridgehead atoms. The van der Waals surface area contributed by atoms with Gasteiger partial charge in [0.2, 0.25) is 5.95 Å². The summed E-state index contributed by atoms with van der Waals surface area (Å²) >= 11 is 0. The molecule has 2 aromatic heterocycles. The molecule has 0 aliphatic heterocycles. The lowest BCUT2D eigenvalue weighted by Gasteiger charge is -2.22. The molecule has 21 heavy (non-hydrogen) atoms. The molecule has 1 aliphatic carbocycles. The molecular weight excluding hydrogens is 264 g/mol. The van der Waals surface area contributed by atoms with Gasteiger partial charge in [0.1, 0.15) is 11.2 Å². The summed E-state index contributed by atoms with van der Waals surface area (Å²) in [6, 6.07) is 3.64. The van der Waals surface area contributed by atoms with Crippen molar-refractivity contribution in [3.8, 4) is 0 Å². The maximum atomic E-state index is 11.6. The molecule has 0 atom stereocenters. The van der Waals surface area contributed by atoms with Crippen LogP contribution in [0.3, 0.4) is 0 Å². The first-order valence-electron chi connectivity index (χ1n) is 7.75. The largest absolute Gasteiger partial charge is 0.359 e. The highest BCUT2D eigenvalue weighted by Crippen LogP contribution is 2.28. The van der Waals surface area contributed by atoms with Gasteiger partial charge < -0.3 is 5.32 Å². The molecule has 5 heteroatoms. The summed E-state index contributed by atoms with van der Waals surface area (Å²) in [5, 5.41) is 3.15. The number of anilines is 1. The Hall–Kier alpha value is -1.91. The number of fused-ring (bicyclic) bond motifs is 1. The highest BCUT2D eigenvalue weighted by molar-refractivity contribution is 5.94. The Bertz CT molecular complexity index is 656. The zero-order valence-electron chi connectivity index (χ0n) is 12.7. The van der Waals surface area contributed by atoms with E-state index in [9.17, 15) is 4.79 Å². The minimum Gasteiger partial charge on any atom is -0.359 e. The molecule has 0 saturated heterocycles. The maximum Gasteiger partial charge on any atom is 0.204 e. The van der Waals surface area contributed by atoms with Gasteiger partial charge in [-0.2, -0.15) is 0 Å². The van der Waals surface area contributed by atoms with E-state index in [4.69, 9.17) is 0 Å². The van der Waals surface area contributed by atoms with Crippen molar-refractivity contribution in [3.63, 3.8) is 0 Å². The predicted molar refractivity (Wildman–Crippen MR) is 83.7 cm³/mol. The summed E-state index contributed by atoms with van der Waals surface area (Å²) in [4.78, 5) is 20.7. The number of nitrogens with one attached hydrogen (secondary N) is 1. The Morgan fingerprint density at radius 3 is 2.71 bits per heavy atom. The van der Waals surface area contributed by atoms with E-state index in [0.717, 1.165) is 23.7 Å². The smallest absolute Gasteiger partial charge is 0.204 e. The molecule has 2 aromatic rings. The van der Waals surface area contributed by atoms with Gasteiger partial charge in [0, 0.05) is 20.5 Å². The van der Waals surface area contributed by atoms with Crippen molar-refractivity contribution in [3.05, 3.63) is 17.8 Å². The lowest BCUT2D eigenvalue weighted by molar-refractivity contribution is 0.101. The second-order valence-electron chi connectivity index (χ2n) is 5.90. The topological polar surface area (TPSA) is 59.8 Å². The molecule has 0 amide bonds. The quantitative estimate of drug-likeness (QED) is 0.876. The first-order chi connectivity index (χ1) is 10.2. The molecule has 3 rings (SSSR count). The Morgan fingerprint density at radius 1 is 1.29 bits per heavy atom. The number of Topliss-reactive ketones (excluding diaryl/α,β-unsaturated/α-hetero) is 1. The van der Waals surface area contributed by atoms with Crippen LogP contribution in [0.2, 0.25) is 0 Å². The summed E-state index contributed by atoms with van der Waals surface area (Å²) in [5.41, 5.74) is 2.17. The summed E-state index contributed by atoms with van der Waals surface area (Å²) < 4.78 is 2.14. The molecular formula is C16H22N4O. The van der Waals surface area contributed by atoms with Crippen molar-refractivity contribution in [2.75, 3.05) is 12.4 Å². The Kier molecular flexibility index (Phi) is 3.90. The monoisotopic (exact) mass is 286 g/mol. The van der Waals surface area contributed by atoms with E-state index in [1.165, 1.54) is 32.1 Å². The molecule has 0 unspecified atom stereocenters. The second kappa shape index (κ2) is 5.84. The summed E-state index contributed by atoms with van der Waals surface area (Å²) in [6.07, 6.45) is 6.54. The zero-order valence-corrected chi connectivity index (χ0v) is 12.7. The third-order valence-corrected chi connectivity index (χ3v) is 4.34. The SMILES string of the molecule is CNc1nc2ccc(C(C)=O)nc2n1CC1CCCCC1. The van der Waals surface area contributed by atoms with Crippen LogP contribution in [0.5, 0.6) is 0 Å². The van der Waals surface area contributed by atoms with Crippen molar-refractivity contribution >= 4 is 22.9 Å². The van der Waals surface area contributed by atoms with Gasteiger partial charge in [-0.3, -0.25) is 9.36 Å². The first-order valence-corrected chi connectivity index (χ1v) is 7.75. The molecule has 1 N–H and O–H groups in total. The number of ketones is 1. The van der Waals surface area contributed by atoms with Crippen molar-refractivity contribution in [1.82, 2.24) is 14.5 Å². The summed E-state index contributed by atoms with van der Waals surface area (Å²) in [5.74, 6) is 1.52. The highest BCUT2D eigenvalue weighted by Gasteiger charge is 2.19. The fourth-order valence-electron chi connectivity index (χ4n) is 3.19. The van der Waals surface area contributed by atoms with Gasteiger partial charge in [-0.25, -0.2) is 9.97 Å². The minimum absolute atomic E-state index is 0.00618. The molecule has 2 heterocycles. The highest BCUT2D eigenvalue weighted by atomic mass is 16.1.